The third-order valence-corrected chi connectivity index (χ3v) is 8.77. The average Bonchev–Trinajstić information content (AvgIpc) is 3.35. The van der Waals surface area contributed by atoms with Crippen LogP contribution in [-0.4, -0.2) is 60.6 Å². The van der Waals surface area contributed by atoms with Gasteiger partial charge in [0.2, 0.25) is 5.91 Å². The number of hydrogen-bond acceptors (Lipinski definition) is 7. The molecule has 0 radical (unpaired) electrons. The lowest BCUT2D eigenvalue weighted by Crippen LogP contribution is -2.35. The van der Waals surface area contributed by atoms with E-state index in [4.69, 9.17) is 4.74 Å². The van der Waals surface area contributed by atoms with E-state index in [1.165, 1.54) is 0 Å². The molecule has 3 aromatic carbocycles. The number of ether oxygens (including phenoxy) is 1. The van der Waals surface area contributed by atoms with Gasteiger partial charge in [0.15, 0.2) is 0 Å². The van der Waals surface area contributed by atoms with Gasteiger partial charge < -0.3 is 29.7 Å². The summed E-state index contributed by atoms with van der Waals surface area (Å²) in [5.41, 5.74) is 5.60. The molecule has 2 atom stereocenters. The number of nitrogens with one attached hydrogen (secondary N) is 3. The number of fused-ring (bicyclic) bond motifs is 10. The molecule has 3 aliphatic heterocycles. The number of likely N-dealkylation sites (N-methyl/N-ethyl adjacent to an activating group) is 2. The summed E-state index contributed by atoms with van der Waals surface area (Å²) < 4.78 is 5.62. The number of anilines is 3. The Kier molecular flexibility index (Phi) is 7.97. The van der Waals surface area contributed by atoms with Crippen molar-refractivity contribution in [3.63, 3.8) is 0 Å². The Hall–Kier alpha value is -5.25. The van der Waals surface area contributed by atoms with Crippen molar-refractivity contribution in [1.82, 2.24) is 14.8 Å². The minimum absolute atomic E-state index is 0.0641. The number of amides is 2. The predicted molar refractivity (Wildman–Crippen MR) is 178 cm³/mol. The molecule has 3 aliphatic rings. The number of aromatic nitrogens is 1. The Balaban J connectivity index is 1.42. The van der Waals surface area contributed by atoms with Crippen LogP contribution in [0.1, 0.15) is 41.1 Å². The van der Waals surface area contributed by atoms with Crippen molar-refractivity contribution in [3.05, 3.63) is 112 Å². The third-order valence-electron chi connectivity index (χ3n) is 8.77. The molecule has 0 unspecified atom stereocenters. The standard InChI is InChI=1S/C35H38N6O4/c1-21-16-25-7-10-29(21)22(2)20-45-35(44)38-27-9-11-31(41-15-14-39(4)23(41)3)26(17-27)19-40(5)34(43)32(25)37-28-8-6-24-12-13-36-33(42)30(24)18-28/h6-13,16-18,22,32,37H,3,14-15,19-20H2,1-2,4-5H3,(H,36,42)(H,38,44)/t22-,32+/m0/s1. The molecule has 7 rings (SSSR count). The summed E-state index contributed by atoms with van der Waals surface area (Å²) in [5.74, 6) is 0.652. The number of aryl methyl sites for hydroxylation is 1. The van der Waals surface area contributed by atoms with Crippen molar-refractivity contribution in [1.29, 1.82) is 0 Å². The number of aromatic amines is 1. The summed E-state index contributed by atoms with van der Waals surface area (Å²) >= 11 is 0. The maximum atomic E-state index is 14.4. The molecule has 4 aromatic rings. The molecular weight excluding hydrogens is 568 g/mol. The van der Waals surface area contributed by atoms with E-state index in [-0.39, 0.29) is 30.5 Å². The van der Waals surface area contributed by atoms with Crippen LogP contribution in [0, 0.1) is 6.92 Å². The topological polar surface area (TPSA) is 110 Å². The van der Waals surface area contributed by atoms with Gasteiger partial charge in [0.05, 0.1) is 6.61 Å². The fourth-order valence-corrected chi connectivity index (χ4v) is 6.18. The first-order valence-corrected chi connectivity index (χ1v) is 15.1. The van der Waals surface area contributed by atoms with Crippen LogP contribution in [0.2, 0.25) is 0 Å². The molecule has 10 heteroatoms. The summed E-state index contributed by atoms with van der Waals surface area (Å²) in [6.45, 7) is 10.3. The minimum Gasteiger partial charge on any atom is -0.449 e. The van der Waals surface area contributed by atoms with Gasteiger partial charge in [-0.3, -0.25) is 14.9 Å². The molecule has 2 amide bonds. The number of carbonyl (C=O) groups is 2. The van der Waals surface area contributed by atoms with Gasteiger partial charge in [-0.2, -0.15) is 0 Å². The largest absolute Gasteiger partial charge is 0.449 e. The van der Waals surface area contributed by atoms with Gasteiger partial charge in [-0.25, -0.2) is 4.79 Å². The van der Waals surface area contributed by atoms with Crippen LogP contribution in [0.3, 0.4) is 0 Å². The molecule has 4 heterocycles. The summed E-state index contributed by atoms with van der Waals surface area (Å²) in [6.07, 6.45) is 1.09. The zero-order valence-electron chi connectivity index (χ0n) is 26.0. The first kappa shape index (κ1) is 29.8. The van der Waals surface area contributed by atoms with E-state index in [9.17, 15) is 14.4 Å². The van der Waals surface area contributed by atoms with Crippen LogP contribution in [0.25, 0.3) is 10.8 Å². The molecule has 4 bridgehead atoms. The van der Waals surface area contributed by atoms with Crippen molar-refractivity contribution < 1.29 is 14.3 Å². The van der Waals surface area contributed by atoms with Gasteiger partial charge in [0.1, 0.15) is 11.9 Å². The Morgan fingerprint density at radius 1 is 0.956 bits per heavy atom. The van der Waals surface area contributed by atoms with Crippen molar-refractivity contribution in [3.8, 4) is 0 Å². The van der Waals surface area contributed by atoms with Gasteiger partial charge >= 0.3 is 6.09 Å². The lowest BCUT2D eigenvalue weighted by Gasteiger charge is -2.29. The molecule has 0 saturated carbocycles. The SMILES string of the molecule is C=C1N(C)CCN1c1ccc2cc1CN(C)C(=O)[C@H](Nc1ccc3cc[nH]c(=O)c3c1)c1ccc(c(C)c1)[C@@H](C)COC(=O)N2. The van der Waals surface area contributed by atoms with Crippen molar-refractivity contribution in [2.75, 3.05) is 49.3 Å². The second kappa shape index (κ2) is 12.0. The third kappa shape index (κ3) is 5.95. The highest BCUT2D eigenvalue weighted by molar-refractivity contribution is 5.89. The second-order valence-electron chi connectivity index (χ2n) is 12.0. The summed E-state index contributed by atoms with van der Waals surface area (Å²) in [4.78, 5) is 48.4. The highest BCUT2D eigenvalue weighted by Gasteiger charge is 2.29. The molecule has 1 saturated heterocycles. The van der Waals surface area contributed by atoms with E-state index < -0.39 is 12.1 Å². The Bertz CT molecular complexity index is 1870. The number of benzene rings is 3. The number of nitrogens with zero attached hydrogens (tertiary/aromatic N) is 3. The molecule has 1 aromatic heterocycles. The monoisotopic (exact) mass is 606 g/mol. The van der Waals surface area contributed by atoms with Gasteiger partial charge in [0, 0.05) is 68.3 Å². The lowest BCUT2D eigenvalue weighted by atomic mass is 9.93. The normalized spacial score (nSPS) is 19.2. The van der Waals surface area contributed by atoms with E-state index in [1.807, 2.05) is 75.5 Å². The number of pyridine rings is 1. The molecule has 3 N–H and O–H groups in total. The zero-order valence-corrected chi connectivity index (χ0v) is 26.0. The van der Waals surface area contributed by atoms with Crippen LogP contribution in [-0.2, 0) is 16.1 Å². The van der Waals surface area contributed by atoms with Gasteiger partial charge in [0.25, 0.3) is 5.56 Å². The van der Waals surface area contributed by atoms with E-state index in [2.05, 4.69) is 32.0 Å². The second-order valence-corrected chi connectivity index (χ2v) is 12.0. The fourth-order valence-electron chi connectivity index (χ4n) is 6.18. The van der Waals surface area contributed by atoms with Crippen LogP contribution in [0.5, 0.6) is 0 Å². The molecule has 10 nitrogen and oxygen atoms in total. The maximum absolute atomic E-state index is 14.4. The van der Waals surface area contributed by atoms with Crippen LogP contribution >= 0.6 is 0 Å². The number of rotatable bonds is 3. The highest BCUT2D eigenvalue weighted by atomic mass is 16.5. The van der Waals surface area contributed by atoms with E-state index in [0.717, 1.165) is 52.2 Å². The molecule has 232 valence electrons. The predicted octanol–water partition coefficient (Wildman–Crippen LogP) is 5.54. The van der Waals surface area contributed by atoms with E-state index in [1.54, 1.807) is 24.2 Å². The maximum Gasteiger partial charge on any atom is 0.411 e. The molecule has 0 spiro atoms. The summed E-state index contributed by atoms with van der Waals surface area (Å²) in [5, 5.41) is 7.65. The van der Waals surface area contributed by atoms with Gasteiger partial charge in [-0.05, 0) is 71.0 Å². The van der Waals surface area contributed by atoms with E-state index >= 15 is 0 Å². The Labute approximate surface area is 262 Å². The molecular formula is C35H38N6O4. The van der Waals surface area contributed by atoms with Gasteiger partial charge in [-0.1, -0.05) is 37.8 Å². The zero-order chi connectivity index (χ0) is 31.8. The number of hydrogen-bond donors (Lipinski definition) is 3. The Morgan fingerprint density at radius 3 is 2.53 bits per heavy atom. The molecule has 0 aliphatic carbocycles. The van der Waals surface area contributed by atoms with Crippen LogP contribution in [0.15, 0.2) is 84.1 Å². The number of carbonyl (C=O) groups excluding carboxylic acids is 2. The van der Waals surface area contributed by atoms with Crippen LogP contribution < -0.4 is 21.1 Å². The number of H-pyrrole nitrogens is 1. The first-order valence-electron chi connectivity index (χ1n) is 15.1. The summed E-state index contributed by atoms with van der Waals surface area (Å²) in [7, 11) is 3.77. The Morgan fingerprint density at radius 2 is 1.78 bits per heavy atom. The van der Waals surface area contributed by atoms with Gasteiger partial charge in [-0.15, -0.1) is 0 Å². The van der Waals surface area contributed by atoms with E-state index in [0.29, 0.717) is 16.8 Å². The minimum atomic E-state index is -0.735. The average molecular weight is 607 g/mol. The van der Waals surface area contributed by atoms with Crippen molar-refractivity contribution in [2.24, 2.45) is 0 Å². The highest BCUT2D eigenvalue weighted by Crippen LogP contribution is 2.33. The molecule has 45 heavy (non-hydrogen) atoms. The smallest absolute Gasteiger partial charge is 0.411 e. The molecule has 1 fully saturated rings. The quantitative estimate of drug-likeness (QED) is 0.281. The lowest BCUT2D eigenvalue weighted by molar-refractivity contribution is -0.131. The van der Waals surface area contributed by atoms with Crippen LogP contribution in [0.4, 0.5) is 21.9 Å². The first-order chi connectivity index (χ1) is 21.6. The summed E-state index contributed by atoms with van der Waals surface area (Å²) in [6, 6.07) is 18.3. The van der Waals surface area contributed by atoms with Crippen molar-refractivity contribution >= 4 is 39.8 Å². The fraction of sp³-hybridized carbons (Fsp3) is 0.286. The van der Waals surface area contributed by atoms with Crippen molar-refractivity contribution in [2.45, 2.75) is 32.4 Å².